The van der Waals surface area contributed by atoms with Gasteiger partial charge in [0.05, 0.1) is 56.6 Å². The minimum Gasteiger partial charge on any atom is -0.495 e. The maximum Gasteiger partial charge on any atom is 0.321 e. The highest BCUT2D eigenvalue weighted by atomic mass is 35.5. The molecule has 9 nitrogen and oxygen atoms in total. The minimum atomic E-state index is -4.59. The van der Waals surface area contributed by atoms with Crippen LogP contribution in [0.5, 0.6) is 5.75 Å². The van der Waals surface area contributed by atoms with Crippen LogP contribution in [0.25, 0.3) is 5.69 Å². The average molecular weight is 768 g/mol. The van der Waals surface area contributed by atoms with Gasteiger partial charge in [0.2, 0.25) is 10.0 Å². The van der Waals surface area contributed by atoms with E-state index in [4.69, 9.17) is 16.3 Å². The summed E-state index contributed by atoms with van der Waals surface area (Å²) in [4.78, 5) is 15.8. The fourth-order valence-electron chi connectivity index (χ4n) is 5.55. The van der Waals surface area contributed by atoms with Crippen LogP contribution in [-0.2, 0) is 26.0 Å². The Bertz CT molecular complexity index is 1960. The molecule has 0 aliphatic heterocycles. The first-order valence-electron chi connectivity index (χ1n) is 16.1. The first-order chi connectivity index (χ1) is 23.8. The quantitative estimate of drug-likeness (QED) is 0.0716. The van der Waals surface area contributed by atoms with Gasteiger partial charge in [0, 0.05) is 29.0 Å². The van der Waals surface area contributed by atoms with Gasteiger partial charge in [0.25, 0.3) is 0 Å². The average Bonchev–Trinajstić information content (AvgIpc) is 3.48. The van der Waals surface area contributed by atoms with Crippen LogP contribution in [0.1, 0.15) is 50.4 Å². The highest BCUT2D eigenvalue weighted by molar-refractivity contribution is 7.98. The second-order valence-electron chi connectivity index (χ2n) is 13.7. The van der Waals surface area contributed by atoms with E-state index in [0.717, 1.165) is 40.3 Å². The summed E-state index contributed by atoms with van der Waals surface area (Å²) in [6.45, 7) is 5.72. The molecule has 51 heavy (non-hydrogen) atoms. The van der Waals surface area contributed by atoms with Gasteiger partial charge in [-0.05, 0) is 73.9 Å². The van der Waals surface area contributed by atoms with Crippen molar-refractivity contribution in [1.29, 1.82) is 0 Å². The molecule has 1 N–H and O–H groups in total. The molecule has 0 aliphatic carbocycles. The van der Waals surface area contributed by atoms with Crippen LogP contribution in [0.4, 0.5) is 13.2 Å². The van der Waals surface area contributed by atoms with E-state index in [1.165, 1.54) is 26.2 Å². The van der Waals surface area contributed by atoms with Crippen molar-refractivity contribution in [3.8, 4) is 11.4 Å². The van der Waals surface area contributed by atoms with E-state index in [1.807, 2.05) is 41.1 Å². The van der Waals surface area contributed by atoms with Crippen molar-refractivity contribution >= 4 is 39.4 Å². The number of imidazole rings is 1. The van der Waals surface area contributed by atoms with Crippen LogP contribution >= 0.6 is 23.4 Å². The molecule has 0 spiro atoms. The number of hydrogen-bond donors (Lipinski definition) is 1. The van der Waals surface area contributed by atoms with Gasteiger partial charge in [0.15, 0.2) is 5.16 Å². The lowest BCUT2D eigenvalue weighted by Gasteiger charge is -2.28. The normalized spacial score (nSPS) is 13.1. The van der Waals surface area contributed by atoms with E-state index in [9.17, 15) is 22.7 Å². The second kappa shape index (κ2) is 16.0. The smallest absolute Gasteiger partial charge is 0.321 e. The Balaban J connectivity index is 1.67. The third-order valence-electron chi connectivity index (χ3n) is 8.64. The van der Waals surface area contributed by atoms with Crippen molar-refractivity contribution in [3.63, 3.8) is 0 Å². The molecule has 0 bridgehead atoms. The number of sulfonamides is 1. The van der Waals surface area contributed by atoms with Crippen molar-refractivity contribution in [2.75, 3.05) is 41.3 Å². The molecule has 0 saturated carbocycles. The van der Waals surface area contributed by atoms with E-state index in [1.54, 1.807) is 35.0 Å². The number of unbranched alkanes of at least 4 members (excludes halogenated alkanes) is 1. The number of nitrogens with zero attached hydrogens (tertiary/aromatic N) is 4. The van der Waals surface area contributed by atoms with E-state index in [0.29, 0.717) is 44.6 Å². The van der Waals surface area contributed by atoms with Gasteiger partial charge >= 0.3 is 5.97 Å². The molecule has 1 aromatic heterocycles. The van der Waals surface area contributed by atoms with Crippen LogP contribution in [-0.4, -0.2) is 85.2 Å². The number of carboxylic acid groups (broad SMARTS) is 1. The van der Waals surface area contributed by atoms with E-state index < -0.39 is 55.4 Å². The van der Waals surface area contributed by atoms with Gasteiger partial charge in [0.1, 0.15) is 29.2 Å². The van der Waals surface area contributed by atoms with Gasteiger partial charge in [-0.25, -0.2) is 26.6 Å². The highest BCUT2D eigenvalue weighted by Gasteiger charge is 2.35. The maximum atomic E-state index is 15.6. The number of aromatic nitrogens is 2. The summed E-state index contributed by atoms with van der Waals surface area (Å²) in [6, 6.07) is 11.1. The molecule has 0 amide bonds. The molecule has 4 aromatic rings. The van der Waals surface area contributed by atoms with E-state index in [-0.39, 0.29) is 12.3 Å². The number of thioether (sulfide) groups is 1. The Morgan fingerprint density at radius 3 is 2.25 bits per heavy atom. The summed E-state index contributed by atoms with van der Waals surface area (Å²) in [5.41, 5.74) is 0.957. The minimum absolute atomic E-state index is 0.135. The second-order valence-corrected chi connectivity index (χ2v) is 17.0. The Morgan fingerprint density at radius 2 is 1.69 bits per heavy atom. The molecular weight excluding hydrogens is 725 g/mol. The number of hydrogen-bond acceptors (Lipinski definition) is 6. The number of halogens is 4. The molecule has 0 aliphatic rings. The van der Waals surface area contributed by atoms with Crippen molar-refractivity contribution in [3.05, 3.63) is 100 Å². The molecule has 0 fully saturated rings. The molecule has 3 aromatic carbocycles. The van der Waals surface area contributed by atoms with Crippen LogP contribution in [0.2, 0.25) is 5.02 Å². The van der Waals surface area contributed by atoms with Gasteiger partial charge in [-0.3, -0.25) is 9.36 Å². The van der Waals surface area contributed by atoms with Crippen LogP contribution in [0, 0.1) is 17.5 Å². The Labute approximate surface area is 306 Å². The molecular formula is C36H43ClF3N4O5S2+. The van der Waals surface area contributed by atoms with Gasteiger partial charge in [-0.1, -0.05) is 43.3 Å². The highest BCUT2D eigenvalue weighted by Crippen LogP contribution is 2.39. The van der Waals surface area contributed by atoms with Crippen molar-refractivity contribution in [1.82, 2.24) is 13.9 Å². The summed E-state index contributed by atoms with van der Waals surface area (Å²) >= 11 is 7.28. The molecule has 1 unspecified atom stereocenters. The molecule has 0 saturated heterocycles. The van der Waals surface area contributed by atoms with Crippen molar-refractivity contribution in [2.24, 2.45) is 0 Å². The number of quaternary nitrogens is 1. The molecule has 276 valence electrons. The van der Waals surface area contributed by atoms with E-state index >= 15 is 8.78 Å². The van der Waals surface area contributed by atoms with E-state index in [2.05, 4.69) is 4.98 Å². The van der Waals surface area contributed by atoms with Gasteiger partial charge in [-0.2, -0.15) is 4.31 Å². The number of aliphatic carboxylic acids is 1. The van der Waals surface area contributed by atoms with Gasteiger partial charge in [-0.15, -0.1) is 0 Å². The van der Waals surface area contributed by atoms with Crippen molar-refractivity contribution < 1.29 is 40.7 Å². The summed E-state index contributed by atoms with van der Waals surface area (Å²) in [5.74, 6) is -3.85. The lowest BCUT2D eigenvalue weighted by atomic mass is 9.81. The Hall–Kier alpha value is -3.56. The zero-order valence-corrected chi connectivity index (χ0v) is 32.0. The maximum absolute atomic E-state index is 15.6. The van der Waals surface area contributed by atoms with Crippen LogP contribution in [0.3, 0.4) is 0 Å². The lowest BCUT2D eigenvalue weighted by molar-refractivity contribution is -0.870. The monoisotopic (exact) mass is 767 g/mol. The first-order valence-corrected chi connectivity index (χ1v) is 18.9. The third-order valence-corrected chi connectivity index (χ3v) is 11.9. The standard InChI is InChI=1S/C36H42ClF3N4O5S2/c1-23(34(45)46)42(16-8-9-17-44(4,5)6)51(47,48)27-19-30(39)28(31(40)20-27)22-50-35-41-21-33(43(35)26-13-11-25(38)12-14-26)36(2,3)24-10-15-29(37)32(18-24)49-7/h10-15,18-21,23H,8-9,16-17,22H2,1-7H3/p+1. The summed E-state index contributed by atoms with van der Waals surface area (Å²) in [6.07, 6.45) is 2.60. The number of carboxylic acids is 1. The largest absolute Gasteiger partial charge is 0.495 e. The fourth-order valence-corrected chi connectivity index (χ4v) is 8.41. The fraction of sp³-hybridized carbons (Fsp3) is 0.389. The third kappa shape index (κ3) is 9.28. The van der Waals surface area contributed by atoms with Crippen molar-refractivity contribution in [2.45, 2.75) is 60.9 Å². The molecule has 0 radical (unpaired) electrons. The summed E-state index contributed by atoms with van der Waals surface area (Å²) < 4.78 is 81.1. The Morgan fingerprint density at radius 1 is 1.06 bits per heavy atom. The lowest BCUT2D eigenvalue weighted by Crippen LogP contribution is -2.44. The topological polar surface area (TPSA) is 102 Å². The molecule has 4 rings (SSSR count). The Kier molecular flexibility index (Phi) is 12.6. The zero-order chi connectivity index (χ0) is 37.9. The SMILES string of the molecule is COc1cc(C(C)(C)c2cnc(SCc3c(F)cc(S(=O)(=O)N(CCCC[N+](C)(C)C)C(C)C(=O)O)cc3F)n2-c2ccc(F)cc2)ccc1Cl. The first kappa shape index (κ1) is 40.2. The zero-order valence-electron chi connectivity index (χ0n) is 29.6. The number of ether oxygens (including phenoxy) is 1. The predicted octanol–water partition coefficient (Wildman–Crippen LogP) is 7.52. The predicted molar refractivity (Wildman–Crippen MR) is 193 cm³/mol. The summed E-state index contributed by atoms with van der Waals surface area (Å²) in [5, 5.41) is 10.4. The summed E-state index contributed by atoms with van der Waals surface area (Å²) in [7, 11) is 2.87. The number of methoxy groups -OCH3 is 1. The number of benzene rings is 3. The molecule has 1 heterocycles. The molecule has 15 heteroatoms. The van der Waals surface area contributed by atoms with Crippen LogP contribution in [0.15, 0.2) is 70.8 Å². The number of rotatable bonds is 16. The molecule has 1 atom stereocenters. The number of carbonyl (C=O) groups is 1. The van der Waals surface area contributed by atoms with Crippen LogP contribution < -0.4 is 4.74 Å². The van der Waals surface area contributed by atoms with Gasteiger partial charge < -0.3 is 14.3 Å².